The van der Waals surface area contributed by atoms with Gasteiger partial charge in [-0.05, 0) is 40.2 Å². The van der Waals surface area contributed by atoms with Gasteiger partial charge >= 0.3 is 0 Å². The van der Waals surface area contributed by atoms with E-state index in [0.29, 0.717) is 0 Å². The van der Waals surface area contributed by atoms with Crippen LogP contribution in [0.1, 0.15) is 21.8 Å². The van der Waals surface area contributed by atoms with Crippen molar-refractivity contribution in [3.05, 3.63) is 67.9 Å². The van der Waals surface area contributed by atoms with E-state index < -0.39 is 17.5 Å². The van der Waals surface area contributed by atoms with Crippen molar-refractivity contribution in [1.82, 2.24) is 0 Å². The van der Waals surface area contributed by atoms with Crippen LogP contribution in [0.2, 0.25) is 10.0 Å². The molecule has 2 nitrogen and oxygen atoms in total. The summed E-state index contributed by atoms with van der Waals surface area (Å²) >= 11 is 15.0. The van der Waals surface area contributed by atoms with Crippen LogP contribution in [0.4, 0.5) is 4.39 Å². The first-order valence-electron chi connectivity index (χ1n) is 5.79. The van der Waals surface area contributed by atoms with Gasteiger partial charge in [0.2, 0.25) is 0 Å². The molecule has 0 saturated carbocycles. The van der Waals surface area contributed by atoms with Gasteiger partial charge in [-0.2, -0.15) is 5.26 Å². The quantitative estimate of drug-likeness (QED) is 0.664. The molecule has 0 N–H and O–H groups in total. The summed E-state index contributed by atoms with van der Waals surface area (Å²) in [6.07, 6.45) is 0. The molecule has 2 aromatic carbocycles. The minimum Gasteiger partial charge on any atom is -0.292 e. The molecule has 0 amide bonds. The maximum Gasteiger partial charge on any atom is 0.187 e. The Morgan fingerprint density at radius 2 is 1.76 bits per heavy atom. The lowest BCUT2D eigenvalue weighted by Gasteiger charge is -2.13. The van der Waals surface area contributed by atoms with Crippen LogP contribution >= 0.6 is 39.1 Å². The average Bonchev–Trinajstić information content (AvgIpc) is 2.45. The Hall–Kier alpha value is -1.41. The Morgan fingerprint density at radius 1 is 1.19 bits per heavy atom. The number of nitrogens with zero attached hydrogens (tertiary/aromatic N) is 1. The van der Waals surface area contributed by atoms with E-state index in [1.807, 2.05) is 6.07 Å². The summed E-state index contributed by atoms with van der Waals surface area (Å²) in [5, 5.41) is 9.68. The van der Waals surface area contributed by atoms with Crippen molar-refractivity contribution >= 4 is 44.9 Å². The molecule has 0 heterocycles. The molecule has 0 aliphatic heterocycles. The molecule has 2 aromatic rings. The number of hydrogen-bond acceptors (Lipinski definition) is 2. The van der Waals surface area contributed by atoms with Crippen LogP contribution in [0.5, 0.6) is 0 Å². The van der Waals surface area contributed by atoms with Gasteiger partial charge < -0.3 is 0 Å². The van der Waals surface area contributed by atoms with Crippen molar-refractivity contribution in [3.63, 3.8) is 0 Å². The number of rotatable bonds is 3. The summed E-state index contributed by atoms with van der Waals surface area (Å²) in [4.78, 5) is 12.5. The number of hydrogen-bond donors (Lipinski definition) is 0. The van der Waals surface area contributed by atoms with Crippen LogP contribution in [-0.2, 0) is 0 Å². The second-order valence-corrected chi connectivity index (χ2v) is 5.83. The average molecular weight is 387 g/mol. The van der Waals surface area contributed by atoms with E-state index in [1.54, 1.807) is 6.07 Å². The molecule has 6 heteroatoms. The van der Waals surface area contributed by atoms with Crippen molar-refractivity contribution in [2.24, 2.45) is 0 Å². The number of halogens is 4. The Bertz CT molecular complexity index is 738. The third kappa shape index (κ3) is 3.11. The fraction of sp³-hybridized carbons (Fsp3) is 0.0667. The molecule has 1 unspecified atom stereocenters. The smallest absolute Gasteiger partial charge is 0.187 e. The topological polar surface area (TPSA) is 40.9 Å². The molecule has 0 fully saturated rings. The van der Waals surface area contributed by atoms with E-state index in [1.165, 1.54) is 30.3 Å². The van der Waals surface area contributed by atoms with Crippen molar-refractivity contribution < 1.29 is 9.18 Å². The number of ketones is 1. The molecule has 2 rings (SSSR count). The second kappa shape index (κ2) is 6.57. The summed E-state index contributed by atoms with van der Waals surface area (Å²) in [7, 11) is 0. The van der Waals surface area contributed by atoms with Gasteiger partial charge in [0.25, 0.3) is 0 Å². The predicted octanol–water partition coefficient (Wildman–Crippen LogP) is 5.39. The molecule has 0 bridgehead atoms. The fourth-order valence-corrected chi connectivity index (χ4v) is 2.87. The van der Waals surface area contributed by atoms with Crippen LogP contribution in [0.15, 0.2) is 40.9 Å². The standard InChI is InChI=1S/C15H7BrCl2FNO/c16-10-4-1-3-8(14(10)19)15(21)9(7-20)13-11(17)5-2-6-12(13)18/h1-6,9H. The molecule has 1 atom stereocenters. The number of carbonyl (C=O) groups is 1. The molecular weight excluding hydrogens is 380 g/mol. The van der Waals surface area contributed by atoms with E-state index >= 15 is 0 Å². The first-order chi connectivity index (χ1) is 9.97. The van der Waals surface area contributed by atoms with Gasteiger partial charge in [-0.25, -0.2) is 4.39 Å². The normalized spacial score (nSPS) is 11.8. The lowest BCUT2D eigenvalue weighted by molar-refractivity contribution is 0.0975. The van der Waals surface area contributed by atoms with E-state index in [0.717, 1.165) is 0 Å². The number of Topliss-reactive ketones (excluding diaryl/α,β-unsaturated/α-hetero) is 1. The number of carbonyl (C=O) groups excluding carboxylic acids is 1. The molecule has 21 heavy (non-hydrogen) atoms. The van der Waals surface area contributed by atoms with Crippen molar-refractivity contribution in [1.29, 1.82) is 5.26 Å². The summed E-state index contributed by atoms with van der Waals surface area (Å²) in [5.74, 6) is -2.67. The zero-order chi connectivity index (χ0) is 15.6. The van der Waals surface area contributed by atoms with Gasteiger partial charge in [0.1, 0.15) is 11.7 Å². The maximum absolute atomic E-state index is 14.0. The van der Waals surface area contributed by atoms with Crippen LogP contribution in [0.25, 0.3) is 0 Å². The monoisotopic (exact) mass is 385 g/mol. The Labute approximate surface area is 139 Å². The first-order valence-corrected chi connectivity index (χ1v) is 7.34. The highest BCUT2D eigenvalue weighted by molar-refractivity contribution is 9.10. The molecule has 0 spiro atoms. The molecule has 0 saturated heterocycles. The van der Waals surface area contributed by atoms with E-state index in [-0.39, 0.29) is 25.6 Å². The summed E-state index contributed by atoms with van der Waals surface area (Å²) in [6, 6.07) is 10.8. The minimum absolute atomic E-state index is 0.148. The predicted molar refractivity (Wildman–Crippen MR) is 83.2 cm³/mol. The maximum atomic E-state index is 14.0. The van der Waals surface area contributed by atoms with Crippen LogP contribution in [-0.4, -0.2) is 5.78 Å². The fourth-order valence-electron chi connectivity index (χ4n) is 1.89. The highest BCUT2D eigenvalue weighted by Gasteiger charge is 2.28. The Kier molecular flexibility index (Phi) is 5.00. The zero-order valence-electron chi connectivity index (χ0n) is 10.4. The van der Waals surface area contributed by atoms with Crippen molar-refractivity contribution in [2.45, 2.75) is 5.92 Å². The summed E-state index contributed by atoms with van der Waals surface area (Å²) < 4.78 is 14.2. The number of benzene rings is 2. The van der Waals surface area contributed by atoms with Gasteiger partial charge in [-0.15, -0.1) is 0 Å². The molecule has 0 aliphatic rings. The largest absolute Gasteiger partial charge is 0.292 e. The molecule has 106 valence electrons. The Morgan fingerprint density at radius 3 is 2.33 bits per heavy atom. The van der Waals surface area contributed by atoms with Gasteiger partial charge in [0, 0.05) is 15.6 Å². The van der Waals surface area contributed by atoms with Crippen molar-refractivity contribution in [2.75, 3.05) is 0 Å². The van der Waals surface area contributed by atoms with Gasteiger partial charge in [-0.1, -0.05) is 35.3 Å². The zero-order valence-corrected chi connectivity index (χ0v) is 13.5. The van der Waals surface area contributed by atoms with Gasteiger partial charge in [0.15, 0.2) is 5.78 Å². The van der Waals surface area contributed by atoms with Crippen LogP contribution in [0, 0.1) is 17.1 Å². The number of nitriles is 1. The summed E-state index contributed by atoms with van der Waals surface area (Å²) in [6.45, 7) is 0. The third-order valence-corrected chi connectivity index (χ3v) is 4.17. The molecule has 0 radical (unpaired) electrons. The van der Waals surface area contributed by atoms with Crippen LogP contribution < -0.4 is 0 Å². The van der Waals surface area contributed by atoms with E-state index in [2.05, 4.69) is 15.9 Å². The highest BCUT2D eigenvalue weighted by Crippen LogP contribution is 2.34. The SMILES string of the molecule is N#CC(C(=O)c1cccc(Br)c1F)c1c(Cl)cccc1Cl. The molecular formula is C15H7BrCl2FNO. The third-order valence-electron chi connectivity index (χ3n) is 2.90. The van der Waals surface area contributed by atoms with E-state index in [9.17, 15) is 14.4 Å². The van der Waals surface area contributed by atoms with Gasteiger partial charge in [-0.3, -0.25) is 4.79 Å². The molecule has 0 aromatic heterocycles. The first kappa shape index (κ1) is 16.0. The lowest BCUT2D eigenvalue weighted by atomic mass is 9.91. The minimum atomic E-state index is -1.27. The lowest BCUT2D eigenvalue weighted by Crippen LogP contribution is -2.14. The van der Waals surface area contributed by atoms with Crippen molar-refractivity contribution in [3.8, 4) is 6.07 Å². The summed E-state index contributed by atoms with van der Waals surface area (Å²) in [5.41, 5.74) is -0.000352. The Balaban J connectivity index is 2.55. The second-order valence-electron chi connectivity index (χ2n) is 4.16. The van der Waals surface area contributed by atoms with Gasteiger partial charge in [0.05, 0.1) is 16.1 Å². The van der Waals surface area contributed by atoms with Crippen LogP contribution in [0.3, 0.4) is 0 Å². The highest BCUT2D eigenvalue weighted by atomic mass is 79.9. The van der Waals surface area contributed by atoms with E-state index in [4.69, 9.17) is 23.2 Å². The molecule has 0 aliphatic carbocycles.